The smallest absolute Gasteiger partial charge is 0.259 e. The van der Waals surface area contributed by atoms with Crippen molar-refractivity contribution in [3.63, 3.8) is 0 Å². The molecule has 1 heterocycles. The number of carbonyl (C=O) groups excluding carboxylic acids is 1. The lowest BCUT2D eigenvalue weighted by molar-refractivity contribution is 0.102. The fourth-order valence-electron chi connectivity index (χ4n) is 1.69. The van der Waals surface area contributed by atoms with E-state index in [0.29, 0.717) is 26.5 Å². The van der Waals surface area contributed by atoms with Gasteiger partial charge in [0.25, 0.3) is 5.91 Å². The summed E-state index contributed by atoms with van der Waals surface area (Å²) in [5, 5.41) is 2.79. The number of nitrogens with zero attached hydrogens (tertiary/aromatic N) is 1. The van der Waals surface area contributed by atoms with E-state index >= 15 is 0 Å². The summed E-state index contributed by atoms with van der Waals surface area (Å²) in [5.41, 5.74) is 7.29. The number of thiocarbonyl (C=S) groups is 1. The van der Waals surface area contributed by atoms with Gasteiger partial charge in [-0.2, -0.15) is 0 Å². The lowest BCUT2D eigenvalue weighted by atomic mass is 10.2. The Bertz CT molecular complexity index is 706. The Kier molecular flexibility index (Phi) is 4.87. The van der Waals surface area contributed by atoms with Gasteiger partial charge >= 0.3 is 0 Å². The summed E-state index contributed by atoms with van der Waals surface area (Å²) in [6, 6.07) is 6.81. The van der Waals surface area contributed by atoms with Crippen LogP contribution in [0, 0.1) is 0 Å². The van der Waals surface area contributed by atoms with Crippen molar-refractivity contribution in [2.45, 2.75) is 0 Å². The number of hydrogen-bond donors (Lipinski definition) is 2. The Morgan fingerprint density at radius 2 is 2.19 bits per heavy atom. The highest BCUT2D eigenvalue weighted by molar-refractivity contribution is 9.10. The summed E-state index contributed by atoms with van der Waals surface area (Å²) in [6.45, 7) is 0. The average Bonchev–Trinajstić information content (AvgIpc) is 2.48. The summed E-state index contributed by atoms with van der Waals surface area (Å²) >= 11 is 8.29. The summed E-state index contributed by atoms with van der Waals surface area (Å²) < 4.78 is 5.81. The SMILES string of the molecule is COc1cnccc1C(=O)Nc1ccc(C(N)=S)cc1Br. The molecule has 0 aliphatic carbocycles. The standard InChI is InChI=1S/C14H12BrN3O2S/c1-20-12-7-17-5-4-9(12)14(19)18-11-3-2-8(13(16)21)6-10(11)15/h2-7H,1H3,(H2,16,21)(H,18,19). The summed E-state index contributed by atoms with van der Waals surface area (Å²) in [7, 11) is 1.49. The molecule has 0 saturated heterocycles. The molecule has 1 aromatic heterocycles. The van der Waals surface area contributed by atoms with Gasteiger partial charge in [0, 0.05) is 16.2 Å². The van der Waals surface area contributed by atoms with Gasteiger partial charge in [-0.05, 0) is 40.2 Å². The van der Waals surface area contributed by atoms with Crippen molar-refractivity contribution >= 4 is 44.7 Å². The van der Waals surface area contributed by atoms with E-state index in [2.05, 4.69) is 26.2 Å². The van der Waals surface area contributed by atoms with E-state index in [0.717, 1.165) is 5.56 Å². The molecule has 0 bridgehead atoms. The molecule has 0 radical (unpaired) electrons. The van der Waals surface area contributed by atoms with Crippen LogP contribution in [0.3, 0.4) is 0 Å². The fourth-order valence-corrected chi connectivity index (χ4v) is 2.29. The second-order valence-corrected chi connectivity index (χ2v) is 5.38. The molecule has 0 saturated carbocycles. The van der Waals surface area contributed by atoms with Crippen LogP contribution in [-0.2, 0) is 0 Å². The molecule has 5 nitrogen and oxygen atoms in total. The van der Waals surface area contributed by atoms with Crippen molar-refractivity contribution in [3.8, 4) is 5.75 Å². The van der Waals surface area contributed by atoms with Crippen molar-refractivity contribution in [2.75, 3.05) is 12.4 Å². The van der Waals surface area contributed by atoms with Crippen molar-refractivity contribution in [1.29, 1.82) is 0 Å². The number of benzene rings is 1. The number of aromatic nitrogens is 1. The molecule has 0 spiro atoms. The number of nitrogens with one attached hydrogen (secondary N) is 1. The number of carbonyl (C=O) groups is 1. The molecule has 2 aromatic rings. The van der Waals surface area contributed by atoms with Crippen molar-refractivity contribution in [2.24, 2.45) is 5.73 Å². The van der Waals surface area contributed by atoms with Gasteiger partial charge in [-0.1, -0.05) is 12.2 Å². The molecule has 0 aliphatic heterocycles. The monoisotopic (exact) mass is 365 g/mol. The van der Waals surface area contributed by atoms with E-state index in [1.54, 1.807) is 24.3 Å². The van der Waals surface area contributed by atoms with Gasteiger partial charge in [-0.3, -0.25) is 9.78 Å². The van der Waals surface area contributed by atoms with Gasteiger partial charge < -0.3 is 15.8 Å². The van der Waals surface area contributed by atoms with Crippen LogP contribution in [0.2, 0.25) is 0 Å². The van der Waals surface area contributed by atoms with Crippen LogP contribution in [0.15, 0.2) is 41.1 Å². The van der Waals surface area contributed by atoms with Gasteiger partial charge in [0.2, 0.25) is 0 Å². The first-order valence-corrected chi connectivity index (χ1v) is 7.11. The van der Waals surface area contributed by atoms with Gasteiger partial charge in [-0.15, -0.1) is 0 Å². The van der Waals surface area contributed by atoms with Gasteiger partial charge in [-0.25, -0.2) is 0 Å². The van der Waals surface area contributed by atoms with E-state index in [-0.39, 0.29) is 5.91 Å². The van der Waals surface area contributed by atoms with Crippen LogP contribution in [0.25, 0.3) is 0 Å². The molecular formula is C14H12BrN3O2S. The maximum Gasteiger partial charge on any atom is 0.259 e. The maximum atomic E-state index is 12.3. The molecule has 0 unspecified atom stereocenters. The zero-order valence-electron chi connectivity index (χ0n) is 11.1. The Balaban J connectivity index is 2.26. The number of rotatable bonds is 4. The molecule has 21 heavy (non-hydrogen) atoms. The normalized spacial score (nSPS) is 10.0. The Morgan fingerprint density at radius 3 is 2.81 bits per heavy atom. The quantitative estimate of drug-likeness (QED) is 0.814. The van der Waals surface area contributed by atoms with Gasteiger partial charge in [0.1, 0.15) is 10.7 Å². The number of ether oxygens (including phenoxy) is 1. The minimum absolute atomic E-state index is 0.293. The first-order valence-electron chi connectivity index (χ1n) is 5.91. The van der Waals surface area contributed by atoms with Crippen LogP contribution in [-0.4, -0.2) is 23.0 Å². The fraction of sp³-hybridized carbons (Fsp3) is 0.0714. The van der Waals surface area contributed by atoms with Gasteiger partial charge in [0.15, 0.2) is 0 Å². The summed E-state index contributed by atoms with van der Waals surface area (Å²) in [6.07, 6.45) is 3.02. The Hall–Kier alpha value is -1.99. The zero-order valence-corrected chi connectivity index (χ0v) is 13.5. The second kappa shape index (κ2) is 6.64. The third-order valence-corrected chi connectivity index (χ3v) is 3.64. The summed E-state index contributed by atoms with van der Waals surface area (Å²) in [4.78, 5) is 16.5. The Morgan fingerprint density at radius 1 is 1.43 bits per heavy atom. The molecule has 2 rings (SSSR count). The van der Waals surface area contributed by atoms with E-state index < -0.39 is 0 Å². The molecule has 7 heteroatoms. The number of methoxy groups -OCH3 is 1. The lowest BCUT2D eigenvalue weighted by Crippen LogP contribution is -2.14. The second-order valence-electron chi connectivity index (χ2n) is 4.09. The zero-order chi connectivity index (χ0) is 15.4. The van der Waals surface area contributed by atoms with Gasteiger partial charge in [0.05, 0.1) is 24.6 Å². The van der Waals surface area contributed by atoms with E-state index in [1.807, 2.05) is 0 Å². The van der Waals surface area contributed by atoms with Crippen LogP contribution in [0.5, 0.6) is 5.75 Å². The Labute approximate surface area is 135 Å². The van der Waals surface area contributed by atoms with Crippen molar-refractivity contribution < 1.29 is 9.53 Å². The average molecular weight is 366 g/mol. The predicted octanol–water partition coefficient (Wildman–Crippen LogP) is 2.74. The topological polar surface area (TPSA) is 77.2 Å². The van der Waals surface area contributed by atoms with E-state index in [4.69, 9.17) is 22.7 Å². The van der Waals surface area contributed by atoms with E-state index in [9.17, 15) is 4.79 Å². The van der Waals surface area contributed by atoms with E-state index in [1.165, 1.54) is 19.5 Å². The minimum Gasteiger partial charge on any atom is -0.494 e. The third kappa shape index (κ3) is 3.56. The number of anilines is 1. The number of amides is 1. The first kappa shape index (κ1) is 15.4. The molecule has 1 aromatic carbocycles. The lowest BCUT2D eigenvalue weighted by Gasteiger charge is -2.11. The van der Waals surface area contributed by atoms with Crippen LogP contribution in [0.1, 0.15) is 15.9 Å². The number of pyridine rings is 1. The largest absolute Gasteiger partial charge is 0.494 e. The van der Waals surface area contributed by atoms with Crippen LogP contribution < -0.4 is 15.8 Å². The molecule has 1 amide bonds. The maximum absolute atomic E-state index is 12.3. The molecule has 3 N–H and O–H groups in total. The van der Waals surface area contributed by atoms with Crippen LogP contribution in [0.4, 0.5) is 5.69 Å². The highest BCUT2D eigenvalue weighted by Crippen LogP contribution is 2.25. The molecule has 0 fully saturated rings. The third-order valence-electron chi connectivity index (χ3n) is 2.75. The number of halogens is 1. The van der Waals surface area contributed by atoms with Crippen molar-refractivity contribution in [1.82, 2.24) is 4.98 Å². The number of nitrogens with two attached hydrogens (primary N) is 1. The molecule has 0 aliphatic rings. The van der Waals surface area contributed by atoms with Crippen molar-refractivity contribution in [3.05, 3.63) is 52.3 Å². The molecule has 108 valence electrons. The van der Waals surface area contributed by atoms with Crippen LogP contribution >= 0.6 is 28.1 Å². The molecular weight excluding hydrogens is 354 g/mol. The highest BCUT2D eigenvalue weighted by Gasteiger charge is 2.13. The first-order chi connectivity index (χ1) is 10.0. The number of hydrogen-bond acceptors (Lipinski definition) is 4. The predicted molar refractivity (Wildman–Crippen MR) is 88.8 cm³/mol. The summed E-state index contributed by atoms with van der Waals surface area (Å²) in [5.74, 6) is 0.115. The molecule has 0 atom stereocenters. The highest BCUT2D eigenvalue weighted by atomic mass is 79.9. The minimum atomic E-state index is -0.293.